The van der Waals surface area contributed by atoms with Crippen molar-refractivity contribution in [2.45, 2.75) is 6.92 Å². The molecule has 104 valence electrons. The Morgan fingerprint density at radius 1 is 1.21 bits per heavy atom. The van der Waals surface area contributed by atoms with Crippen molar-refractivity contribution in [1.82, 2.24) is 4.90 Å². The van der Waals surface area contributed by atoms with Gasteiger partial charge in [0.2, 0.25) is 0 Å². The maximum absolute atomic E-state index is 6.39. The minimum atomic E-state index is 0.624. The van der Waals surface area contributed by atoms with Crippen LogP contribution in [0, 0.1) is 6.92 Å². The molecule has 1 saturated heterocycles. The van der Waals surface area contributed by atoms with Gasteiger partial charge in [-0.2, -0.15) is 0 Å². The number of rotatable bonds is 4. The summed E-state index contributed by atoms with van der Waals surface area (Å²) in [6.07, 6.45) is 4.17. The first-order valence-corrected chi connectivity index (χ1v) is 7.17. The topological polar surface area (TPSA) is 32.5 Å². The molecule has 1 aromatic carbocycles. The highest BCUT2D eigenvalue weighted by molar-refractivity contribution is 6.34. The molecule has 0 spiro atoms. The zero-order valence-corrected chi connectivity index (χ0v) is 12.2. The van der Waals surface area contributed by atoms with Gasteiger partial charge in [-0.15, -0.1) is 0 Å². The van der Waals surface area contributed by atoms with Crippen LogP contribution in [-0.2, 0) is 0 Å². The van der Waals surface area contributed by atoms with Crippen LogP contribution in [0.15, 0.2) is 30.4 Å². The summed E-state index contributed by atoms with van der Waals surface area (Å²) in [6.45, 7) is 7.86. The number of anilines is 1. The lowest BCUT2D eigenvalue weighted by atomic mass is 10.2. The van der Waals surface area contributed by atoms with Gasteiger partial charge in [0, 0.05) is 39.3 Å². The van der Waals surface area contributed by atoms with E-state index < -0.39 is 0 Å². The second kappa shape index (κ2) is 6.94. The summed E-state index contributed by atoms with van der Waals surface area (Å²) in [7, 11) is 0. The Hall–Kier alpha value is -1.03. The van der Waals surface area contributed by atoms with Gasteiger partial charge in [0.05, 0.1) is 10.7 Å². The minimum absolute atomic E-state index is 0.624. The highest BCUT2D eigenvalue weighted by atomic mass is 35.5. The van der Waals surface area contributed by atoms with Crippen LogP contribution in [0.3, 0.4) is 0 Å². The van der Waals surface area contributed by atoms with Crippen molar-refractivity contribution in [3.8, 4) is 0 Å². The van der Waals surface area contributed by atoms with Gasteiger partial charge in [0.1, 0.15) is 0 Å². The fourth-order valence-electron chi connectivity index (χ4n) is 2.37. The van der Waals surface area contributed by atoms with Crippen molar-refractivity contribution in [3.63, 3.8) is 0 Å². The number of halogens is 1. The van der Waals surface area contributed by atoms with Gasteiger partial charge in [0.15, 0.2) is 0 Å². The molecule has 0 radical (unpaired) electrons. The molecule has 0 saturated carbocycles. The lowest BCUT2D eigenvalue weighted by Gasteiger charge is -2.36. The Morgan fingerprint density at radius 2 is 1.95 bits per heavy atom. The van der Waals surface area contributed by atoms with Crippen LogP contribution in [0.5, 0.6) is 0 Å². The van der Waals surface area contributed by atoms with Crippen LogP contribution in [0.25, 0.3) is 0 Å². The lowest BCUT2D eigenvalue weighted by Crippen LogP contribution is -2.46. The average Bonchev–Trinajstić information content (AvgIpc) is 2.43. The van der Waals surface area contributed by atoms with Gasteiger partial charge in [-0.25, -0.2) is 0 Å². The number of hydrogen-bond acceptors (Lipinski definition) is 3. The SMILES string of the molecule is Cc1cccc(N2CCN(CC=CCN)CC2)c1Cl. The van der Waals surface area contributed by atoms with E-state index in [1.54, 1.807) is 0 Å². The molecule has 0 unspecified atom stereocenters. The Bertz CT molecular complexity index is 437. The molecule has 1 aromatic rings. The van der Waals surface area contributed by atoms with Crippen LogP contribution in [0.1, 0.15) is 5.56 Å². The molecule has 0 aliphatic carbocycles. The third kappa shape index (κ3) is 3.72. The first-order valence-electron chi connectivity index (χ1n) is 6.80. The third-order valence-corrected chi connectivity index (χ3v) is 4.04. The maximum atomic E-state index is 6.39. The van der Waals surface area contributed by atoms with Crippen LogP contribution in [-0.4, -0.2) is 44.2 Å². The number of benzene rings is 1. The first kappa shape index (κ1) is 14.4. The fourth-order valence-corrected chi connectivity index (χ4v) is 2.61. The maximum Gasteiger partial charge on any atom is 0.0668 e. The van der Waals surface area contributed by atoms with E-state index >= 15 is 0 Å². The van der Waals surface area contributed by atoms with Crippen LogP contribution >= 0.6 is 11.6 Å². The molecule has 1 aliphatic rings. The van der Waals surface area contributed by atoms with E-state index in [9.17, 15) is 0 Å². The molecule has 19 heavy (non-hydrogen) atoms. The quantitative estimate of drug-likeness (QED) is 0.859. The molecule has 2 rings (SSSR count). The number of aryl methyl sites for hydroxylation is 1. The molecule has 0 aromatic heterocycles. The number of hydrogen-bond donors (Lipinski definition) is 1. The summed E-state index contributed by atoms with van der Waals surface area (Å²) in [4.78, 5) is 4.81. The van der Waals surface area contributed by atoms with E-state index in [4.69, 9.17) is 17.3 Å². The summed E-state index contributed by atoms with van der Waals surface area (Å²) in [5, 5.41) is 0.888. The normalized spacial score (nSPS) is 17.3. The third-order valence-electron chi connectivity index (χ3n) is 3.55. The first-order chi connectivity index (χ1) is 9.22. The fraction of sp³-hybridized carbons (Fsp3) is 0.467. The van der Waals surface area contributed by atoms with Crippen LogP contribution in [0.2, 0.25) is 5.02 Å². The van der Waals surface area contributed by atoms with Crippen molar-refractivity contribution in [1.29, 1.82) is 0 Å². The van der Waals surface area contributed by atoms with E-state index in [0.717, 1.165) is 43.3 Å². The molecular formula is C15H22ClN3. The van der Waals surface area contributed by atoms with E-state index in [0.29, 0.717) is 6.54 Å². The summed E-state index contributed by atoms with van der Waals surface area (Å²) < 4.78 is 0. The van der Waals surface area contributed by atoms with E-state index in [-0.39, 0.29) is 0 Å². The Morgan fingerprint density at radius 3 is 2.63 bits per heavy atom. The van der Waals surface area contributed by atoms with E-state index in [1.165, 1.54) is 5.69 Å². The van der Waals surface area contributed by atoms with Crippen molar-refractivity contribution in [3.05, 3.63) is 40.9 Å². The standard InChI is InChI=1S/C15H22ClN3/c1-13-5-4-6-14(15(13)16)19-11-9-18(10-12-19)8-3-2-7-17/h2-6H,7-12,17H2,1H3. The second-order valence-electron chi connectivity index (χ2n) is 4.90. The van der Waals surface area contributed by atoms with Crippen LogP contribution < -0.4 is 10.6 Å². The molecule has 1 heterocycles. The second-order valence-corrected chi connectivity index (χ2v) is 5.28. The van der Waals surface area contributed by atoms with E-state index in [2.05, 4.69) is 41.0 Å². The van der Waals surface area contributed by atoms with Crippen molar-refractivity contribution < 1.29 is 0 Å². The molecule has 1 aliphatic heterocycles. The van der Waals surface area contributed by atoms with Crippen molar-refractivity contribution in [2.24, 2.45) is 5.73 Å². The summed E-state index contributed by atoms with van der Waals surface area (Å²) >= 11 is 6.39. The van der Waals surface area contributed by atoms with Crippen molar-refractivity contribution >= 4 is 17.3 Å². The zero-order chi connectivity index (χ0) is 13.7. The molecule has 1 fully saturated rings. The molecule has 0 amide bonds. The molecular weight excluding hydrogens is 258 g/mol. The molecule has 0 atom stereocenters. The summed E-state index contributed by atoms with van der Waals surface area (Å²) in [5.74, 6) is 0. The van der Waals surface area contributed by atoms with Gasteiger partial charge in [-0.1, -0.05) is 35.9 Å². The van der Waals surface area contributed by atoms with Crippen LogP contribution in [0.4, 0.5) is 5.69 Å². The number of nitrogens with two attached hydrogens (primary N) is 1. The highest BCUT2D eigenvalue weighted by Gasteiger charge is 2.18. The number of nitrogens with zero attached hydrogens (tertiary/aromatic N) is 2. The number of piperazine rings is 1. The smallest absolute Gasteiger partial charge is 0.0668 e. The van der Waals surface area contributed by atoms with Crippen molar-refractivity contribution in [2.75, 3.05) is 44.2 Å². The van der Waals surface area contributed by atoms with Gasteiger partial charge < -0.3 is 10.6 Å². The highest BCUT2D eigenvalue weighted by Crippen LogP contribution is 2.29. The Kier molecular flexibility index (Phi) is 5.25. The minimum Gasteiger partial charge on any atom is -0.368 e. The molecule has 0 bridgehead atoms. The predicted molar refractivity (Wildman–Crippen MR) is 83.0 cm³/mol. The molecule has 2 N–H and O–H groups in total. The summed E-state index contributed by atoms with van der Waals surface area (Å²) in [5.41, 5.74) is 7.76. The monoisotopic (exact) mass is 279 g/mol. The van der Waals surface area contributed by atoms with Gasteiger partial charge in [0.25, 0.3) is 0 Å². The van der Waals surface area contributed by atoms with E-state index in [1.807, 2.05) is 6.08 Å². The van der Waals surface area contributed by atoms with Gasteiger partial charge >= 0.3 is 0 Å². The zero-order valence-electron chi connectivity index (χ0n) is 11.5. The lowest BCUT2D eigenvalue weighted by molar-refractivity contribution is 0.284. The Labute approximate surface area is 120 Å². The largest absolute Gasteiger partial charge is 0.368 e. The van der Waals surface area contributed by atoms with Gasteiger partial charge in [-0.3, -0.25) is 4.90 Å². The predicted octanol–water partition coefficient (Wildman–Crippen LogP) is 2.29. The Balaban J connectivity index is 1.92. The summed E-state index contributed by atoms with van der Waals surface area (Å²) in [6, 6.07) is 6.24. The molecule has 3 nitrogen and oxygen atoms in total. The molecule has 4 heteroatoms. The average molecular weight is 280 g/mol. The van der Waals surface area contributed by atoms with Gasteiger partial charge in [-0.05, 0) is 18.6 Å².